The highest BCUT2D eigenvalue weighted by atomic mass is 16.5. The summed E-state index contributed by atoms with van der Waals surface area (Å²) in [4.78, 5) is 38.7. The van der Waals surface area contributed by atoms with Gasteiger partial charge in [0.25, 0.3) is 0 Å². The third kappa shape index (κ3) is 2.93. The standard InChI is InChI=1S/C19H24N4O4/c1-27-15-3-2-13(10-14(15)23-9-4-16(25)21-18(23)26)17-19(11-22(17)12-24)5-7-20-8-6-19/h2-3,10,12,17,20H,4-9,11H2,1H3,(H,21,25,26). The highest BCUT2D eigenvalue weighted by Gasteiger charge is 2.53. The first-order valence-electron chi connectivity index (χ1n) is 9.29. The molecular weight excluding hydrogens is 348 g/mol. The maximum absolute atomic E-state index is 12.3. The molecule has 4 amide bonds. The molecule has 0 bridgehead atoms. The lowest BCUT2D eigenvalue weighted by Gasteiger charge is -2.58. The molecule has 8 heteroatoms. The largest absolute Gasteiger partial charge is 0.495 e. The first-order chi connectivity index (χ1) is 13.1. The Morgan fingerprint density at radius 3 is 2.70 bits per heavy atom. The number of hydrogen-bond acceptors (Lipinski definition) is 5. The van der Waals surface area contributed by atoms with Crippen LogP contribution in [0.2, 0.25) is 0 Å². The van der Waals surface area contributed by atoms with Gasteiger partial charge in [-0.3, -0.25) is 19.8 Å². The Labute approximate surface area is 157 Å². The van der Waals surface area contributed by atoms with E-state index in [2.05, 4.69) is 10.6 Å². The van der Waals surface area contributed by atoms with Gasteiger partial charge in [0.05, 0.1) is 18.8 Å². The number of rotatable bonds is 4. The van der Waals surface area contributed by atoms with Crippen LogP contribution in [0.1, 0.15) is 30.9 Å². The molecule has 1 spiro atoms. The Balaban J connectivity index is 1.70. The van der Waals surface area contributed by atoms with Crippen molar-refractivity contribution in [1.82, 2.24) is 15.5 Å². The van der Waals surface area contributed by atoms with Gasteiger partial charge in [-0.2, -0.15) is 0 Å². The smallest absolute Gasteiger partial charge is 0.328 e. The van der Waals surface area contributed by atoms with E-state index in [1.165, 1.54) is 4.90 Å². The number of ether oxygens (including phenoxy) is 1. The molecule has 8 nitrogen and oxygen atoms in total. The molecular formula is C19H24N4O4. The zero-order chi connectivity index (χ0) is 19.0. The number of urea groups is 1. The molecule has 27 heavy (non-hydrogen) atoms. The molecule has 1 aromatic rings. The van der Waals surface area contributed by atoms with Crippen LogP contribution in [-0.4, -0.2) is 56.5 Å². The van der Waals surface area contributed by atoms with Crippen molar-refractivity contribution in [1.29, 1.82) is 0 Å². The molecule has 3 heterocycles. The van der Waals surface area contributed by atoms with Crippen LogP contribution in [0.5, 0.6) is 5.75 Å². The molecule has 3 saturated heterocycles. The van der Waals surface area contributed by atoms with E-state index in [9.17, 15) is 14.4 Å². The summed E-state index contributed by atoms with van der Waals surface area (Å²) >= 11 is 0. The van der Waals surface area contributed by atoms with Crippen LogP contribution in [0.3, 0.4) is 0 Å². The zero-order valence-corrected chi connectivity index (χ0v) is 15.4. The summed E-state index contributed by atoms with van der Waals surface area (Å²) in [6, 6.07) is 5.29. The van der Waals surface area contributed by atoms with Crippen LogP contribution in [0.25, 0.3) is 0 Å². The van der Waals surface area contributed by atoms with Crippen LogP contribution in [0.15, 0.2) is 18.2 Å². The minimum atomic E-state index is -0.445. The highest BCUT2D eigenvalue weighted by molar-refractivity contribution is 6.06. The minimum Gasteiger partial charge on any atom is -0.495 e. The van der Waals surface area contributed by atoms with Crippen molar-refractivity contribution in [2.75, 3.05) is 38.2 Å². The molecule has 144 valence electrons. The molecule has 0 aromatic heterocycles. The number of anilines is 1. The first kappa shape index (κ1) is 17.8. The maximum Gasteiger partial charge on any atom is 0.328 e. The summed E-state index contributed by atoms with van der Waals surface area (Å²) in [7, 11) is 1.56. The Kier molecular flexibility index (Phi) is 4.51. The maximum atomic E-state index is 12.3. The highest BCUT2D eigenvalue weighted by Crippen LogP contribution is 2.54. The van der Waals surface area contributed by atoms with Crippen LogP contribution in [0, 0.1) is 5.41 Å². The number of nitrogens with zero attached hydrogens (tertiary/aromatic N) is 2. The third-order valence-electron chi connectivity index (χ3n) is 6.01. The van der Waals surface area contributed by atoms with Crippen LogP contribution in [0.4, 0.5) is 10.5 Å². The van der Waals surface area contributed by atoms with Gasteiger partial charge in [-0.1, -0.05) is 6.07 Å². The fourth-order valence-electron chi connectivity index (χ4n) is 4.66. The zero-order valence-electron chi connectivity index (χ0n) is 15.4. The van der Waals surface area contributed by atoms with Gasteiger partial charge in [0, 0.05) is 24.9 Å². The van der Waals surface area contributed by atoms with E-state index in [1.54, 1.807) is 7.11 Å². The van der Waals surface area contributed by atoms with Gasteiger partial charge in [-0.25, -0.2) is 4.79 Å². The Hall–Kier alpha value is -2.61. The van der Waals surface area contributed by atoms with Gasteiger partial charge in [0.15, 0.2) is 0 Å². The summed E-state index contributed by atoms with van der Waals surface area (Å²) in [5, 5.41) is 5.73. The minimum absolute atomic E-state index is 0.00348. The van der Waals surface area contributed by atoms with Gasteiger partial charge in [0.1, 0.15) is 5.75 Å². The Morgan fingerprint density at radius 1 is 1.26 bits per heavy atom. The van der Waals surface area contributed by atoms with Crippen molar-refractivity contribution in [3.05, 3.63) is 23.8 Å². The topological polar surface area (TPSA) is 91.0 Å². The fourth-order valence-corrected chi connectivity index (χ4v) is 4.66. The van der Waals surface area contributed by atoms with Crippen molar-refractivity contribution in [3.8, 4) is 5.75 Å². The summed E-state index contributed by atoms with van der Waals surface area (Å²) in [5.74, 6) is 0.297. The lowest BCUT2D eigenvalue weighted by atomic mass is 9.63. The number of amides is 4. The second kappa shape index (κ2) is 6.84. The Bertz CT molecular complexity index is 775. The third-order valence-corrected chi connectivity index (χ3v) is 6.01. The van der Waals surface area contributed by atoms with Crippen LogP contribution in [-0.2, 0) is 9.59 Å². The number of piperidine rings is 1. The second-order valence-corrected chi connectivity index (χ2v) is 7.48. The van der Waals surface area contributed by atoms with Gasteiger partial charge in [-0.05, 0) is 43.6 Å². The number of benzene rings is 1. The molecule has 0 aliphatic carbocycles. The molecule has 3 aliphatic rings. The van der Waals surface area contributed by atoms with Gasteiger partial charge < -0.3 is 15.0 Å². The van der Waals surface area contributed by atoms with Crippen molar-refractivity contribution >= 4 is 24.0 Å². The average molecular weight is 372 g/mol. The summed E-state index contributed by atoms with van der Waals surface area (Å²) in [5.41, 5.74) is 1.70. The monoisotopic (exact) mass is 372 g/mol. The van der Waals surface area contributed by atoms with Crippen molar-refractivity contribution in [2.45, 2.75) is 25.3 Å². The molecule has 0 radical (unpaired) electrons. The molecule has 2 N–H and O–H groups in total. The van der Waals surface area contributed by atoms with E-state index in [1.807, 2.05) is 23.1 Å². The van der Waals surface area contributed by atoms with E-state index in [-0.39, 0.29) is 23.8 Å². The lowest BCUT2D eigenvalue weighted by molar-refractivity contribution is -0.145. The number of carbonyl (C=O) groups is 3. The van der Waals surface area contributed by atoms with E-state index in [4.69, 9.17) is 4.74 Å². The number of imide groups is 1. The van der Waals surface area contributed by atoms with Crippen molar-refractivity contribution < 1.29 is 19.1 Å². The summed E-state index contributed by atoms with van der Waals surface area (Å²) in [6.45, 7) is 2.97. The lowest BCUT2D eigenvalue weighted by Crippen LogP contribution is -2.61. The van der Waals surface area contributed by atoms with Crippen LogP contribution >= 0.6 is 0 Å². The molecule has 1 aromatic carbocycles. The quantitative estimate of drug-likeness (QED) is 0.771. The number of carbonyl (C=O) groups excluding carboxylic acids is 3. The number of nitrogens with one attached hydrogen (secondary N) is 2. The van der Waals surface area contributed by atoms with Gasteiger partial charge in [0.2, 0.25) is 12.3 Å². The predicted octanol–water partition coefficient (Wildman–Crippen LogP) is 1.02. The van der Waals surface area contributed by atoms with E-state index in [0.29, 0.717) is 18.0 Å². The van der Waals surface area contributed by atoms with Crippen LogP contribution < -0.4 is 20.3 Å². The summed E-state index contributed by atoms with van der Waals surface area (Å²) < 4.78 is 5.45. The fraction of sp³-hybridized carbons (Fsp3) is 0.526. The van der Waals surface area contributed by atoms with E-state index < -0.39 is 6.03 Å². The van der Waals surface area contributed by atoms with Crippen molar-refractivity contribution in [2.24, 2.45) is 5.41 Å². The second-order valence-electron chi connectivity index (χ2n) is 7.48. The molecule has 0 saturated carbocycles. The number of methoxy groups -OCH3 is 1. The Morgan fingerprint density at radius 2 is 2.04 bits per heavy atom. The summed E-state index contributed by atoms with van der Waals surface area (Å²) in [6.07, 6.45) is 3.19. The van der Waals surface area contributed by atoms with E-state index in [0.717, 1.165) is 44.4 Å². The molecule has 3 fully saturated rings. The first-order valence-corrected chi connectivity index (χ1v) is 9.29. The van der Waals surface area contributed by atoms with Crippen molar-refractivity contribution in [3.63, 3.8) is 0 Å². The number of hydrogen-bond donors (Lipinski definition) is 2. The molecule has 4 rings (SSSR count). The molecule has 1 unspecified atom stereocenters. The SMILES string of the molecule is COc1ccc(C2N(C=O)CC23CCNCC3)cc1N1CCC(=O)NC1=O. The normalized spacial score (nSPS) is 24.4. The van der Waals surface area contributed by atoms with Gasteiger partial charge >= 0.3 is 6.03 Å². The van der Waals surface area contributed by atoms with Gasteiger partial charge in [-0.15, -0.1) is 0 Å². The molecule has 3 aliphatic heterocycles. The molecule has 1 atom stereocenters. The van der Waals surface area contributed by atoms with E-state index >= 15 is 0 Å². The predicted molar refractivity (Wildman–Crippen MR) is 98.5 cm³/mol. The average Bonchev–Trinajstić information content (AvgIpc) is 2.67. The number of likely N-dealkylation sites (tertiary alicyclic amines) is 1.